The lowest BCUT2D eigenvalue weighted by Gasteiger charge is -1.99. The molecule has 106 valence electrons. The molecule has 0 aliphatic carbocycles. The minimum Gasteiger partial charge on any atom is -0.292 e. The highest BCUT2D eigenvalue weighted by Crippen LogP contribution is 2.31. The number of benzene rings is 1. The third kappa shape index (κ3) is 1.83. The van der Waals surface area contributed by atoms with Gasteiger partial charge in [0.05, 0.1) is 20.9 Å². The molecule has 0 saturated heterocycles. The van der Waals surface area contributed by atoms with Gasteiger partial charge in [0.25, 0.3) is 0 Å². The molecule has 2 aromatic rings. The fourth-order valence-corrected chi connectivity index (χ4v) is 2.24. The zero-order chi connectivity index (χ0) is 15.0. The van der Waals surface area contributed by atoms with E-state index in [1.165, 1.54) is 9.13 Å². The van der Waals surface area contributed by atoms with E-state index in [0.717, 1.165) is 12.1 Å². The standard InChI is InChI=1S/C11H12N4O5/c1-3-12-7-5-9(14(17)18)10(15(19)20)6-8(7)13(4-2)11(12)16/h5-6H,3-4H2,1-2H3. The number of nitrogens with zero attached hydrogens (tertiary/aromatic N) is 4. The molecule has 2 rings (SSSR count). The lowest BCUT2D eigenvalue weighted by molar-refractivity contribution is -0.422. The summed E-state index contributed by atoms with van der Waals surface area (Å²) in [5.41, 5.74) is -0.899. The summed E-state index contributed by atoms with van der Waals surface area (Å²) < 4.78 is 2.71. The largest absolute Gasteiger partial charge is 0.348 e. The van der Waals surface area contributed by atoms with Crippen LogP contribution in [-0.2, 0) is 13.1 Å². The molecule has 0 spiro atoms. The lowest BCUT2D eigenvalue weighted by Crippen LogP contribution is -2.23. The van der Waals surface area contributed by atoms with E-state index in [4.69, 9.17) is 0 Å². The third-order valence-corrected chi connectivity index (χ3v) is 3.14. The predicted molar refractivity (Wildman–Crippen MR) is 70.9 cm³/mol. The predicted octanol–water partition coefficient (Wildman–Crippen LogP) is 1.66. The Hall–Kier alpha value is -2.71. The van der Waals surface area contributed by atoms with E-state index >= 15 is 0 Å². The van der Waals surface area contributed by atoms with Crippen LogP contribution < -0.4 is 5.69 Å². The second-order valence-electron chi connectivity index (χ2n) is 4.11. The fourth-order valence-electron chi connectivity index (χ4n) is 2.24. The number of hydrogen-bond donors (Lipinski definition) is 0. The molecule has 1 aromatic carbocycles. The Morgan fingerprint density at radius 1 is 0.950 bits per heavy atom. The molecule has 0 amide bonds. The summed E-state index contributed by atoms with van der Waals surface area (Å²) in [6.07, 6.45) is 0. The van der Waals surface area contributed by atoms with Crippen molar-refractivity contribution in [2.45, 2.75) is 26.9 Å². The second-order valence-corrected chi connectivity index (χ2v) is 4.11. The van der Waals surface area contributed by atoms with Crippen LogP contribution in [0.15, 0.2) is 16.9 Å². The Balaban J connectivity index is 2.98. The molecule has 0 aliphatic heterocycles. The molecule has 9 heteroatoms. The molecule has 9 nitrogen and oxygen atoms in total. The first-order valence-electron chi connectivity index (χ1n) is 5.98. The minimum absolute atomic E-state index is 0.330. The lowest BCUT2D eigenvalue weighted by atomic mass is 10.2. The van der Waals surface area contributed by atoms with Gasteiger partial charge in [-0.2, -0.15) is 0 Å². The van der Waals surface area contributed by atoms with Gasteiger partial charge in [-0.15, -0.1) is 0 Å². The van der Waals surface area contributed by atoms with E-state index < -0.39 is 21.2 Å². The quantitative estimate of drug-likeness (QED) is 0.624. The Morgan fingerprint density at radius 3 is 1.55 bits per heavy atom. The number of nitro benzene ring substituents is 2. The van der Waals surface area contributed by atoms with Crippen LogP contribution in [0.3, 0.4) is 0 Å². The van der Waals surface area contributed by atoms with Crippen molar-refractivity contribution in [1.29, 1.82) is 0 Å². The molecule has 0 N–H and O–H groups in total. The second kappa shape index (κ2) is 4.76. The Kier molecular flexibility index (Phi) is 3.26. The SMILES string of the molecule is CCn1c(=O)n(CC)c2cc([N+](=O)[O-])c([N+](=O)[O-])cc21. The molecule has 0 aliphatic rings. The molecular weight excluding hydrogens is 268 g/mol. The van der Waals surface area contributed by atoms with Gasteiger partial charge >= 0.3 is 17.1 Å². The Bertz CT molecular complexity index is 711. The number of nitro groups is 2. The molecule has 0 bridgehead atoms. The highest BCUT2D eigenvalue weighted by Gasteiger charge is 2.27. The summed E-state index contributed by atoms with van der Waals surface area (Å²) in [4.78, 5) is 32.3. The summed E-state index contributed by atoms with van der Waals surface area (Å²) in [5, 5.41) is 21.9. The van der Waals surface area contributed by atoms with Gasteiger partial charge in [0.1, 0.15) is 0 Å². The van der Waals surface area contributed by atoms with Crippen molar-refractivity contribution in [2.24, 2.45) is 0 Å². The van der Waals surface area contributed by atoms with Gasteiger partial charge in [-0.1, -0.05) is 0 Å². The summed E-state index contributed by atoms with van der Waals surface area (Å²) >= 11 is 0. The molecule has 1 aromatic heterocycles. The van der Waals surface area contributed by atoms with E-state index in [2.05, 4.69) is 0 Å². The molecule has 0 radical (unpaired) electrons. The highest BCUT2D eigenvalue weighted by atomic mass is 16.6. The third-order valence-electron chi connectivity index (χ3n) is 3.14. The van der Waals surface area contributed by atoms with Crippen molar-refractivity contribution in [2.75, 3.05) is 0 Å². The van der Waals surface area contributed by atoms with Gasteiger partial charge in [-0.25, -0.2) is 4.79 Å². The van der Waals surface area contributed by atoms with E-state index in [0.29, 0.717) is 24.1 Å². The van der Waals surface area contributed by atoms with Crippen LogP contribution in [-0.4, -0.2) is 19.0 Å². The van der Waals surface area contributed by atoms with Gasteiger partial charge in [0.2, 0.25) is 0 Å². The molecule has 0 fully saturated rings. The van der Waals surface area contributed by atoms with Crippen molar-refractivity contribution in [1.82, 2.24) is 9.13 Å². The monoisotopic (exact) mass is 280 g/mol. The smallest absolute Gasteiger partial charge is 0.292 e. The van der Waals surface area contributed by atoms with Crippen molar-refractivity contribution in [3.8, 4) is 0 Å². The van der Waals surface area contributed by atoms with Gasteiger partial charge < -0.3 is 0 Å². The number of hydrogen-bond acceptors (Lipinski definition) is 5. The number of aryl methyl sites for hydroxylation is 2. The zero-order valence-corrected chi connectivity index (χ0v) is 10.9. The van der Waals surface area contributed by atoms with Crippen LogP contribution in [0.5, 0.6) is 0 Å². The average molecular weight is 280 g/mol. The summed E-state index contributed by atoms with van der Waals surface area (Å²) in [6.45, 7) is 4.12. The van der Waals surface area contributed by atoms with E-state index in [1.54, 1.807) is 13.8 Å². The summed E-state index contributed by atoms with van der Waals surface area (Å²) in [7, 11) is 0. The van der Waals surface area contributed by atoms with Crippen molar-refractivity contribution in [3.05, 3.63) is 42.8 Å². The summed E-state index contributed by atoms with van der Waals surface area (Å²) in [6, 6.07) is 2.18. The number of imidazole rings is 1. The van der Waals surface area contributed by atoms with Crippen LogP contribution in [0.2, 0.25) is 0 Å². The van der Waals surface area contributed by atoms with E-state index in [-0.39, 0.29) is 5.69 Å². The Morgan fingerprint density at radius 2 is 1.30 bits per heavy atom. The van der Waals surface area contributed by atoms with Gasteiger partial charge in [0, 0.05) is 25.2 Å². The average Bonchev–Trinajstić information content (AvgIpc) is 2.67. The van der Waals surface area contributed by atoms with E-state index in [1.807, 2.05) is 0 Å². The first kappa shape index (κ1) is 13.7. The highest BCUT2D eigenvalue weighted by molar-refractivity contribution is 5.83. The van der Waals surface area contributed by atoms with Crippen molar-refractivity contribution in [3.63, 3.8) is 0 Å². The molecule has 1 heterocycles. The first-order chi connectivity index (χ1) is 9.42. The number of rotatable bonds is 4. The molecule has 0 saturated carbocycles. The van der Waals surface area contributed by atoms with Crippen molar-refractivity contribution >= 4 is 22.4 Å². The number of aromatic nitrogens is 2. The maximum absolute atomic E-state index is 12.1. The molecule has 20 heavy (non-hydrogen) atoms. The zero-order valence-electron chi connectivity index (χ0n) is 10.9. The first-order valence-corrected chi connectivity index (χ1v) is 5.98. The topological polar surface area (TPSA) is 113 Å². The van der Waals surface area contributed by atoms with Crippen LogP contribution in [0, 0.1) is 20.2 Å². The number of fused-ring (bicyclic) bond motifs is 1. The maximum Gasteiger partial charge on any atom is 0.348 e. The minimum atomic E-state index is -0.814. The summed E-state index contributed by atoms with van der Waals surface area (Å²) in [5.74, 6) is 0. The normalized spacial score (nSPS) is 10.9. The van der Waals surface area contributed by atoms with Gasteiger partial charge in [-0.3, -0.25) is 29.4 Å². The fraction of sp³-hybridized carbons (Fsp3) is 0.364. The van der Waals surface area contributed by atoms with Crippen LogP contribution in [0.25, 0.3) is 11.0 Å². The van der Waals surface area contributed by atoms with Crippen LogP contribution in [0.1, 0.15) is 13.8 Å². The molecule has 0 unspecified atom stereocenters. The maximum atomic E-state index is 12.1. The van der Waals surface area contributed by atoms with Crippen LogP contribution >= 0.6 is 0 Å². The van der Waals surface area contributed by atoms with Gasteiger partial charge in [0.15, 0.2) is 0 Å². The van der Waals surface area contributed by atoms with Crippen molar-refractivity contribution < 1.29 is 9.85 Å². The van der Waals surface area contributed by atoms with E-state index in [9.17, 15) is 25.0 Å². The van der Waals surface area contributed by atoms with Crippen LogP contribution in [0.4, 0.5) is 11.4 Å². The Labute approximate surface area is 112 Å². The van der Waals surface area contributed by atoms with Gasteiger partial charge in [-0.05, 0) is 13.8 Å². The molecule has 0 atom stereocenters. The molecular formula is C11H12N4O5.